The van der Waals surface area contributed by atoms with Crippen molar-refractivity contribution >= 4 is 29.9 Å². The van der Waals surface area contributed by atoms with Crippen molar-refractivity contribution in [3.8, 4) is 11.5 Å². The van der Waals surface area contributed by atoms with Gasteiger partial charge in [-0.2, -0.15) is 0 Å². The summed E-state index contributed by atoms with van der Waals surface area (Å²) in [4.78, 5) is 4.38. The number of hydrogen-bond acceptors (Lipinski definition) is 4. The van der Waals surface area contributed by atoms with E-state index < -0.39 is 0 Å². The van der Waals surface area contributed by atoms with E-state index in [0.29, 0.717) is 6.61 Å². The standard InChI is InChI=1S/C24H33N3O3.HI/c1-25-23(26-15-6-16-30-22-7-4-3-5-8-22)27-19-24(13-17-29-18-14-24)20-9-11-21(28-2)12-10-20;/h3-5,7-12H,6,13-19H2,1-2H3,(H2,25,26,27);1H. The molecule has 0 radical (unpaired) electrons. The van der Waals surface area contributed by atoms with E-state index in [1.54, 1.807) is 14.2 Å². The fourth-order valence-electron chi connectivity index (χ4n) is 3.73. The Morgan fingerprint density at radius 2 is 1.71 bits per heavy atom. The molecule has 1 fully saturated rings. The lowest BCUT2D eigenvalue weighted by molar-refractivity contribution is 0.0513. The molecule has 1 saturated heterocycles. The number of ether oxygens (including phenoxy) is 3. The third kappa shape index (κ3) is 7.57. The number of guanidine groups is 1. The molecule has 0 atom stereocenters. The van der Waals surface area contributed by atoms with E-state index >= 15 is 0 Å². The van der Waals surface area contributed by atoms with E-state index in [2.05, 4.69) is 27.8 Å². The normalized spacial score (nSPS) is 15.5. The first kappa shape index (κ1) is 25.3. The highest BCUT2D eigenvalue weighted by atomic mass is 127. The van der Waals surface area contributed by atoms with Gasteiger partial charge in [0, 0.05) is 38.8 Å². The largest absolute Gasteiger partial charge is 0.497 e. The number of nitrogens with one attached hydrogen (secondary N) is 2. The molecular formula is C24H34IN3O3. The number of aliphatic imine (C=N–C) groups is 1. The zero-order chi connectivity index (χ0) is 21.1. The van der Waals surface area contributed by atoms with Crippen LogP contribution in [0.4, 0.5) is 0 Å². The van der Waals surface area contributed by atoms with Gasteiger partial charge in [-0.3, -0.25) is 4.99 Å². The summed E-state index contributed by atoms with van der Waals surface area (Å²) in [5.41, 5.74) is 1.34. The molecule has 170 valence electrons. The van der Waals surface area contributed by atoms with Gasteiger partial charge in [-0.15, -0.1) is 24.0 Å². The molecule has 0 bridgehead atoms. The fourth-order valence-corrected chi connectivity index (χ4v) is 3.73. The van der Waals surface area contributed by atoms with E-state index in [0.717, 1.165) is 63.0 Å². The maximum atomic E-state index is 5.74. The first-order chi connectivity index (χ1) is 14.8. The highest BCUT2D eigenvalue weighted by Crippen LogP contribution is 2.35. The monoisotopic (exact) mass is 539 g/mol. The summed E-state index contributed by atoms with van der Waals surface area (Å²) >= 11 is 0. The summed E-state index contributed by atoms with van der Waals surface area (Å²) in [6.45, 7) is 3.82. The SMILES string of the molecule is CN=C(NCCCOc1ccccc1)NCC1(c2ccc(OC)cc2)CCOCC1.I. The van der Waals surface area contributed by atoms with E-state index in [1.807, 2.05) is 42.5 Å². The van der Waals surface area contributed by atoms with Gasteiger partial charge >= 0.3 is 0 Å². The second kappa shape index (κ2) is 13.4. The van der Waals surface area contributed by atoms with Crippen molar-refractivity contribution in [1.29, 1.82) is 0 Å². The zero-order valence-electron chi connectivity index (χ0n) is 18.4. The van der Waals surface area contributed by atoms with Crippen LogP contribution in [0.5, 0.6) is 11.5 Å². The smallest absolute Gasteiger partial charge is 0.191 e. The molecule has 0 unspecified atom stereocenters. The maximum Gasteiger partial charge on any atom is 0.191 e. The van der Waals surface area contributed by atoms with Crippen molar-refractivity contribution in [2.75, 3.05) is 47.1 Å². The Labute approximate surface area is 202 Å². The highest BCUT2D eigenvalue weighted by molar-refractivity contribution is 14.0. The number of para-hydroxylation sites is 1. The first-order valence-corrected chi connectivity index (χ1v) is 10.6. The average Bonchev–Trinajstić information content (AvgIpc) is 2.82. The van der Waals surface area contributed by atoms with Gasteiger partial charge in [0.05, 0.1) is 13.7 Å². The minimum absolute atomic E-state index is 0. The van der Waals surface area contributed by atoms with Gasteiger partial charge in [0.25, 0.3) is 0 Å². The van der Waals surface area contributed by atoms with Gasteiger partial charge in [-0.1, -0.05) is 30.3 Å². The first-order valence-electron chi connectivity index (χ1n) is 10.6. The number of methoxy groups -OCH3 is 1. The molecule has 2 N–H and O–H groups in total. The van der Waals surface area contributed by atoms with E-state index in [9.17, 15) is 0 Å². The van der Waals surface area contributed by atoms with Crippen molar-refractivity contribution in [2.45, 2.75) is 24.7 Å². The summed E-state index contributed by atoms with van der Waals surface area (Å²) in [5.74, 6) is 2.60. The molecule has 0 saturated carbocycles. The van der Waals surface area contributed by atoms with Gasteiger partial charge < -0.3 is 24.8 Å². The van der Waals surface area contributed by atoms with Crippen LogP contribution in [0.1, 0.15) is 24.8 Å². The Morgan fingerprint density at radius 1 is 1.00 bits per heavy atom. The number of hydrogen-bond donors (Lipinski definition) is 2. The molecule has 0 aliphatic carbocycles. The highest BCUT2D eigenvalue weighted by Gasteiger charge is 2.34. The van der Waals surface area contributed by atoms with Crippen LogP contribution >= 0.6 is 24.0 Å². The third-order valence-corrected chi connectivity index (χ3v) is 5.60. The van der Waals surface area contributed by atoms with Crippen LogP contribution in [-0.2, 0) is 10.2 Å². The Hall–Kier alpha value is -2.00. The molecule has 2 aromatic carbocycles. The number of benzene rings is 2. The summed E-state index contributed by atoms with van der Waals surface area (Å²) in [6.07, 6.45) is 2.86. The number of rotatable bonds is 9. The third-order valence-electron chi connectivity index (χ3n) is 5.60. The summed E-state index contributed by atoms with van der Waals surface area (Å²) < 4.78 is 16.7. The Morgan fingerprint density at radius 3 is 2.35 bits per heavy atom. The molecule has 7 heteroatoms. The molecule has 1 aliphatic heterocycles. The van der Waals surface area contributed by atoms with Crippen LogP contribution in [0, 0.1) is 0 Å². The van der Waals surface area contributed by atoms with E-state index in [1.165, 1.54) is 5.56 Å². The molecule has 0 amide bonds. The Balaban J connectivity index is 0.00000341. The predicted octanol–water partition coefficient (Wildman–Crippen LogP) is 4.00. The second-order valence-electron chi connectivity index (χ2n) is 7.49. The quantitative estimate of drug-likeness (QED) is 0.219. The fraction of sp³-hybridized carbons (Fsp3) is 0.458. The van der Waals surface area contributed by atoms with Crippen LogP contribution in [0.2, 0.25) is 0 Å². The molecule has 6 nitrogen and oxygen atoms in total. The average molecular weight is 539 g/mol. The van der Waals surface area contributed by atoms with Crippen LogP contribution < -0.4 is 20.1 Å². The molecule has 31 heavy (non-hydrogen) atoms. The molecule has 1 aliphatic rings. The Kier molecular flexibility index (Phi) is 10.9. The van der Waals surface area contributed by atoms with Crippen molar-refractivity contribution < 1.29 is 14.2 Å². The number of nitrogens with zero attached hydrogens (tertiary/aromatic N) is 1. The van der Waals surface area contributed by atoms with Crippen molar-refractivity contribution in [3.05, 3.63) is 60.2 Å². The zero-order valence-corrected chi connectivity index (χ0v) is 20.8. The van der Waals surface area contributed by atoms with E-state index in [-0.39, 0.29) is 29.4 Å². The molecule has 0 aromatic heterocycles. The lowest BCUT2D eigenvalue weighted by Crippen LogP contribution is -2.48. The second-order valence-corrected chi connectivity index (χ2v) is 7.49. The molecule has 3 rings (SSSR count). The van der Waals surface area contributed by atoms with E-state index in [4.69, 9.17) is 14.2 Å². The molecular weight excluding hydrogens is 505 g/mol. The van der Waals surface area contributed by atoms with Crippen LogP contribution in [0.3, 0.4) is 0 Å². The van der Waals surface area contributed by atoms with Gasteiger partial charge in [0.1, 0.15) is 11.5 Å². The van der Waals surface area contributed by atoms with Gasteiger partial charge in [-0.25, -0.2) is 0 Å². The van der Waals surface area contributed by atoms with Crippen molar-refractivity contribution in [2.24, 2.45) is 4.99 Å². The van der Waals surface area contributed by atoms with Crippen molar-refractivity contribution in [1.82, 2.24) is 10.6 Å². The summed E-state index contributed by atoms with van der Waals surface area (Å²) in [5, 5.41) is 6.92. The van der Waals surface area contributed by atoms with Crippen LogP contribution in [0.25, 0.3) is 0 Å². The lowest BCUT2D eigenvalue weighted by atomic mass is 9.74. The number of halogens is 1. The Bertz CT molecular complexity index is 778. The summed E-state index contributed by atoms with van der Waals surface area (Å²) in [7, 11) is 3.50. The lowest BCUT2D eigenvalue weighted by Gasteiger charge is -2.38. The predicted molar refractivity (Wildman–Crippen MR) is 136 cm³/mol. The maximum absolute atomic E-state index is 5.74. The van der Waals surface area contributed by atoms with Gasteiger partial charge in [-0.05, 0) is 49.1 Å². The van der Waals surface area contributed by atoms with Crippen LogP contribution in [0.15, 0.2) is 59.6 Å². The van der Waals surface area contributed by atoms with Gasteiger partial charge in [0.15, 0.2) is 5.96 Å². The molecule has 1 heterocycles. The summed E-state index contributed by atoms with van der Waals surface area (Å²) in [6, 6.07) is 18.3. The van der Waals surface area contributed by atoms with Gasteiger partial charge in [0.2, 0.25) is 0 Å². The molecule has 2 aromatic rings. The van der Waals surface area contributed by atoms with Crippen LogP contribution in [-0.4, -0.2) is 53.0 Å². The van der Waals surface area contributed by atoms with Crippen molar-refractivity contribution in [3.63, 3.8) is 0 Å². The molecule has 0 spiro atoms. The topological polar surface area (TPSA) is 64.1 Å². The minimum atomic E-state index is 0. The minimum Gasteiger partial charge on any atom is -0.497 e.